The highest BCUT2D eigenvalue weighted by atomic mass is 79.9. The first kappa shape index (κ1) is 32.4. The van der Waals surface area contributed by atoms with Gasteiger partial charge in [0.1, 0.15) is 12.6 Å². The Morgan fingerprint density at radius 1 is 0.756 bits per heavy atom. The molecule has 0 radical (unpaired) electrons. The second-order valence-corrected chi connectivity index (χ2v) is 14.1. The predicted molar refractivity (Wildman–Crippen MR) is 181 cm³/mol. The van der Waals surface area contributed by atoms with E-state index in [0.29, 0.717) is 12.1 Å². The number of benzene rings is 4. The number of rotatable bonds is 12. The van der Waals surface area contributed by atoms with Crippen molar-refractivity contribution in [3.05, 3.63) is 131 Å². The maximum absolute atomic E-state index is 14.5. The zero-order valence-corrected chi connectivity index (χ0v) is 27.5. The largest absolute Gasteiger partial charge is 0.352 e. The summed E-state index contributed by atoms with van der Waals surface area (Å²) in [5, 5.41) is 3.24. The van der Waals surface area contributed by atoms with E-state index in [2.05, 4.69) is 21.2 Å². The lowest BCUT2D eigenvalue weighted by Crippen LogP contribution is -2.55. The molecule has 1 N–H and O–H groups in total. The number of hydrogen-bond donors (Lipinski definition) is 1. The number of carbonyl (C=O) groups is 2. The highest BCUT2D eigenvalue weighted by Gasteiger charge is 2.35. The van der Waals surface area contributed by atoms with E-state index in [1.807, 2.05) is 60.7 Å². The van der Waals surface area contributed by atoms with Crippen molar-refractivity contribution in [2.75, 3.05) is 10.8 Å². The number of sulfonamides is 1. The molecular weight excluding hydrogens is 650 g/mol. The molecule has 0 aromatic heterocycles. The van der Waals surface area contributed by atoms with E-state index in [1.54, 1.807) is 47.4 Å². The Hall–Kier alpha value is -3.95. The van der Waals surface area contributed by atoms with E-state index in [0.717, 1.165) is 52.0 Å². The van der Waals surface area contributed by atoms with E-state index in [9.17, 15) is 18.0 Å². The predicted octanol–water partition coefficient (Wildman–Crippen LogP) is 6.73. The van der Waals surface area contributed by atoms with Crippen LogP contribution in [0.1, 0.15) is 43.2 Å². The van der Waals surface area contributed by atoms with Gasteiger partial charge in [-0.1, -0.05) is 114 Å². The maximum Gasteiger partial charge on any atom is 0.264 e. The second-order valence-electron chi connectivity index (χ2n) is 11.4. The molecule has 9 heteroatoms. The molecule has 0 bridgehead atoms. The van der Waals surface area contributed by atoms with Crippen LogP contribution < -0.4 is 9.62 Å². The van der Waals surface area contributed by atoms with Gasteiger partial charge in [0.05, 0.1) is 10.6 Å². The van der Waals surface area contributed by atoms with Crippen molar-refractivity contribution in [1.29, 1.82) is 0 Å². The molecule has 0 aliphatic heterocycles. The van der Waals surface area contributed by atoms with Crippen LogP contribution in [0.5, 0.6) is 0 Å². The number of halogens is 1. The molecule has 234 valence electrons. The van der Waals surface area contributed by atoms with E-state index in [-0.39, 0.29) is 23.4 Å². The number of amides is 2. The van der Waals surface area contributed by atoms with Gasteiger partial charge in [0.15, 0.2) is 0 Å². The van der Waals surface area contributed by atoms with Crippen molar-refractivity contribution < 1.29 is 18.0 Å². The van der Waals surface area contributed by atoms with E-state index < -0.39 is 28.5 Å². The number of hydrogen-bond acceptors (Lipinski definition) is 4. The average Bonchev–Trinajstić information content (AvgIpc) is 3.07. The van der Waals surface area contributed by atoms with Gasteiger partial charge in [-0.15, -0.1) is 0 Å². The molecule has 4 aromatic rings. The van der Waals surface area contributed by atoms with Crippen LogP contribution >= 0.6 is 15.9 Å². The van der Waals surface area contributed by atoms with Gasteiger partial charge in [0.2, 0.25) is 11.8 Å². The molecular formula is C36H38BrN3O4S. The van der Waals surface area contributed by atoms with Gasteiger partial charge >= 0.3 is 0 Å². The van der Waals surface area contributed by atoms with Crippen molar-refractivity contribution >= 4 is 43.5 Å². The van der Waals surface area contributed by atoms with Crippen LogP contribution in [0.3, 0.4) is 0 Å². The Kier molecular flexibility index (Phi) is 11.1. The topological polar surface area (TPSA) is 86.8 Å². The lowest BCUT2D eigenvalue weighted by molar-refractivity contribution is -0.140. The minimum Gasteiger partial charge on any atom is -0.352 e. The van der Waals surface area contributed by atoms with Crippen LogP contribution in [0.15, 0.2) is 125 Å². The molecule has 1 atom stereocenters. The summed E-state index contributed by atoms with van der Waals surface area (Å²) >= 11 is 3.42. The van der Waals surface area contributed by atoms with E-state index in [1.165, 1.54) is 12.1 Å². The molecule has 0 spiro atoms. The number of anilines is 1. The Labute approximate surface area is 274 Å². The van der Waals surface area contributed by atoms with Gasteiger partial charge in [-0.25, -0.2) is 8.42 Å². The molecule has 5 rings (SSSR count). The van der Waals surface area contributed by atoms with Crippen LogP contribution in [-0.2, 0) is 32.6 Å². The Morgan fingerprint density at radius 2 is 1.31 bits per heavy atom. The minimum atomic E-state index is -4.13. The summed E-state index contributed by atoms with van der Waals surface area (Å²) in [5.41, 5.74) is 2.10. The third kappa shape index (κ3) is 8.61. The number of nitrogens with zero attached hydrogens (tertiary/aromatic N) is 2. The fourth-order valence-electron chi connectivity index (χ4n) is 5.73. The zero-order valence-electron chi connectivity index (χ0n) is 25.1. The van der Waals surface area contributed by atoms with Crippen molar-refractivity contribution in [2.24, 2.45) is 0 Å². The van der Waals surface area contributed by atoms with Crippen molar-refractivity contribution in [1.82, 2.24) is 10.2 Å². The highest BCUT2D eigenvalue weighted by molar-refractivity contribution is 9.10. The van der Waals surface area contributed by atoms with Crippen LogP contribution in [0.4, 0.5) is 5.69 Å². The maximum atomic E-state index is 14.5. The standard InChI is InChI=1S/C36H38BrN3O4S/c37-30-21-23-32(24-22-30)40(45(43,44)33-19-11-4-12-20-33)27-35(41)39(26-29-15-7-2-8-16-29)34(25-28-13-5-1-6-14-28)36(42)38-31-17-9-3-10-18-31/h1-2,4-8,11-16,19-24,31,34H,3,9-10,17-18,25-27H2,(H,38,42)/t34-/m0/s1. The van der Waals surface area contributed by atoms with Gasteiger partial charge in [0.25, 0.3) is 10.0 Å². The molecule has 0 unspecified atom stereocenters. The number of carbonyl (C=O) groups excluding carboxylic acids is 2. The fraction of sp³-hybridized carbons (Fsp3) is 0.278. The van der Waals surface area contributed by atoms with Crippen molar-refractivity contribution in [3.8, 4) is 0 Å². The monoisotopic (exact) mass is 687 g/mol. The molecule has 2 amide bonds. The molecule has 4 aromatic carbocycles. The summed E-state index contributed by atoms with van der Waals surface area (Å²) in [7, 11) is -4.13. The molecule has 0 heterocycles. The fourth-order valence-corrected chi connectivity index (χ4v) is 7.43. The van der Waals surface area contributed by atoms with Crippen molar-refractivity contribution in [2.45, 2.75) is 62.0 Å². The van der Waals surface area contributed by atoms with Gasteiger partial charge in [0, 0.05) is 23.5 Å². The average molecular weight is 689 g/mol. The normalized spacial score (nSPS) is 14.3. The molecule has 0 saturated heterocycles. The molecule has 1 aliphatic carbocycles. The van der Waals surface area contributed by atoms with Gasteiger partial charge in [-0.2, -0.15) is 0 Å². The Bertz CT molecular complexity index is 1650. The smallest absolute Gasteiger partial charge is 0.264 e. The van der Waals surface area contributed by atoms with Gasteiger partial charge in [-0.05, 0) is 60.4 Å². The number of nitrogens with one attached hydrogen (secondary N) is 1. The first-order valence-electron chi connectivity index (χ1n) is 15.3. The minimum absolute atomic E-state index is 0.0518. The van der Waals surface area contributed by atoms with Crippen LogP contribution in [0.2, 0.25) is 0 Å². The lowest BCUT2D eigenvalue weighted by Gasteiger charge is -2.35. The van der Waals surface area contributed by atoms with Crippen molar-refractivity contribution in [3.63, 3.8) is 0 Å². The van der Waals surface area contributed by atoms with E-state index >= 15 is 0 Å². The summed E-state index contributed by atoms with van der Waals surface area (Å²) in [6.45, 7) is -0.331. The summed E-state index contributed by atoms with van der Waals surface area (Å²) in [5.74, 6) is -0.697. The Morgan fingerprint density at radius 3 is 1.91 bits per heavy atom. The first-order valence-corrected chi connectivity index (χ1v) is 17.6. The molecule has 1 fully saturated rings. The van der Waals surface area contributed by atoms with Gasteiger partial charge < -0.3 is 10.2 Å². The second kappa shape index (κ2) is 15.4. The van der Waals surface area contributed by atoms with Crippen LogP contribution in [0.25, 0.3) is 0 Å². The van der Waals surface area contributed by atoms with Crippen LogP contribution in [-0.4, -0.2) is 43.8 Å². The molecule has 45 heavy (non-hydrogen) atoms. The molecule has 1 aliphatic rings. The Balaban J connectivity index is 1.54. The lowest BCUT2D eigenvalue weighted by atomic mass is 9.94. The summed E-state index contributed by atoms with van der Waals surface area (Å²) in [6.07, 6.45) is 5.37. The van der Waals surface area contributed by atoms with Crippen LogP contribution in [0, 0.1) is 0 Å². The third-order valence-corrected chi connectivity index (χ3v) is 10.5. The SMILES string of the molecule is O=C(NC1CCCCC1)[C@H](Cc1ccccc1)N(Cc1ccccc1)C(=O)CN(c1ccc(Br)cc1)S(=O)(=O)c1ccccc1. The third-order valence-electron chi connectivity index (χ3n) is 8.14. The molecule has 7 nitrogen and oxygen atoms in total. The zero-order chi connectivity index (χ0) is 31.6. The first-order chi connectivity index (χ1) is 21.8. The molecule has 1 saturated carbocycles. The highest BCUT2D eigenvalue weighted by Crippen LogP contribution is 2.27. The summed E-state index contributed by atoms with van der Waals surface area (Å²) in [6, 6.07) is 33.2. The van der Waals surface area contributed by atoms with E-state index in [4.69, 9.17) is 0 Å². The quantitative estimate of drug-likeness (QED) is 0.179. The summed E-state index contributed by atoms with van der Waals surface area (Å²) in [4.78, 5) is 30.3. The summed E-state index contributed by atoms with van der Waals surface area (Å²) < 4.78 is 30.0. The van der Waals surface area contributed by atoms with Gasteiger partial charge in [-0.3, -0.25) is 13.9 Å².